The molecule has 2 N–H and O–H groups in total. The van der Waals surface area contributed by atoms with Crippen LogP contribution < -0.4 is 10.6 Å². The highest BCUT2D eigenvalue weighted by Crippen LogP contribution is 2.24. The van der Waals surface area contributed by atoms with Crippen molar-refractivity contribution >= 4 is 11.8 Å². The molecule has 2 aromatic carbocycles. The van der Waals surface area contributed by atoms with Crippen LogP contribution in [0.25, 0.3) is 0 Å². The van der Waals surface area contributed by atoms with Crippen LogP contribution in [-0.2, 0) is 0 Å². The standard InChI is InChI=1S/C15H4F10N2O2/c16-4-2(5(17)9(21)12(24)8(4)20)14(28)26-1-27-15(29)3-6(18)10(22)13(25)11(23)7(3)19/h1H2,(H,26,28)(H,27,29). The lowest BCUT2D eigenvalue weighted by Crippen LogP contribution is -2.39. The maximum Gasteiger partial charge on any atom is 0.258 e. The minimum absolute atomic E-state index is 1.25. The van der Waals surface area contributed by atoms with E-state index >= 15 is 0 Å². The SMILES string of the molecule is O=C(NCNC(=O)c1c(F)c(F)c(F)c(F)c1F)c1c(F)c(F)c(F)c(F)c1F. The van der Waals surface area contributed by atoms with Crippen molar-refractivity contribution in [3.05, 3.63) is 69.3 Å². The quantitative estimate of drug-likeness (QED) is 0.336. The van der Waals surface area contributed by atoms with Gasteiger partial charge in [0.15, 0.2) is 46.5 Å². The molecule has 0 atom stereocenters. The van der Waals surface area contributed by atoms with Crippen LogP contribution in [0.4, 0.5) is 43.9 Å². The zero-order valence-corrected chi connectivity index (χ0v) is 13.3. The number of hydrogen-bond donors (Lipinski definition) is 2. The normalized spacial score (nSPS) is 10.8. The third kappa shape index (κ3) is 3.69. The Kier molecular flexibility index (Phi) is 6.04. The Balaban J connectivity index is 2.20. The molecular weight excluding hydrogens is 430 g/mol. The Morgan fingerprint density at radius 1 is 0.448 bits per heavy atom. The summed E-state index contributed by atoms with van der Waals surface area (Å²) in [7, 11) is 0. The monoisotopic (exact) mass is 434 g/mol. The maximum absolute atomic E-state index is 13.4. The Hall–Kier alpha value is -3.32. The molecule has 0 aromatic heterocycles. The summed E-state index contributed by atoms with van der Waals surface area (Å²) in [5, 5.41) is 2.84. The van der Waals surface area contributed by atoms with Crippen LogP contribution >= 0.6 is 0 Å². The van der Waals surface area contributed by atoms with Crippen LogP contribution in [0.5, 0.6) is 0 Å². The van der Waals surface area contributed by atoms with Crippen LogP contribution in [-0.4, -0.2) is 18.5 Å². The lowest BCUT2D eigenvalue weighted by Gasteiger charge is -2.11. The Bertz CT molecular complexity index is 901. The molecule has 4 nitrogen and oxygen atoms in total. The van der Waals surface area contributed by atoms with Gasteiger partial charge in [0.2, 0.25) is 11.6 Å². The molecule has 0 saturated carbocycles. The topological polar surface area (TPSA) is 58.2 Å². The smallest absolute Gasteiger partial charge is 0.258 e. The van der Waals surface area contributed by atoms with Gasteiger partial charge in [-0.2, -0.15) is 0 Å². The average molecular weight is 434 g/mol. The molecule has 0 aliphatic heterocycles. The number of amides is 2. The largest absolute Gasteiger partial charge is 0.334 e. The van der Waals surface area contributed by atoms with E-state index in [0.29, 0.717) is 0 Å². The van der Waals surface area contributed by atoms with Crippen molar-refractivity contribution in [1.82, 2.24) is 10.6 Å². The first-order chi connectivity index (χ1) is 13.4. The number of halogens is 10. The zero-order valence-electron chi connectivity index (χ0n) is 13.3. The first-order valence-corrected chi connectivity index (χ1v) is 7.01. The first kappa shape index (κ1) is 22.0. The van der Waals surface area contributed by atoms with E-state index in [1.165, 1.54) is 10.6 Å². The highest BCUT2D eigenvalue weighted by Gasteiger charge is 2.31. The maximum atomic E-state index is 13.4. The van der Waals surface area contributed by atoms with Gasteiger partial charge in [-0.25, -0.2) is 43.9 Å². The number of carbonyl (C=O) groups is 2. The molecule has 0 radical (unpaired) electrons. The lowest BCUT2D eigenvalue weighted by atomic mass is 10.1. The molecule has 2 amide bonds. The summed E-state index contributed by atoms with van der Waals surface area (Å²) in [6.45, 7) is -1.25. The second-order valence-corrected chi connectivity index (χ2v) is 5.08. The van der Waals surface area contributed by atoms with E-state index < -0.39 is 87.8 Å². The molecule has 2 rings (SSSR count). The average Bonchev–Trinajstić information content (AvgIpc) is 2.68. The van der Waals surface area contributed by atoms with Gasteiger partial charge < -0.3 is 10.6 Å². The highest BCUT2D eigenvalue weighted by atomic mass is 19.2. The number of carbonyl (C=O) groups excluding carboxylic acids is 2. The Morgan fingerprint density at radius 3 is 0.897 bits per heavy atom. The Morgan fingerprint density at radius 2 is 0.655 bits per heavy atom. The zero-order chi connectivity index (χ0) is 22.2. The van der Waals surface area contributed by atoms with E-state index in [9.17, 15) is 53.5 Å². The molecule has 156 valence electrons. The highest BCUT2D eigenvalue weighted by molar-refractivity contribution is 5.97. The fourth-order valence-electron chi connectivity index (χ4n) is 1.99. The van der Waals surface area contributed by atoms with Gasteiger partial charge in [-0.05, 0) is 0 Å². The fourth-order valence-corrected chi connectivity index (χ4v) is 1.99. The van der Waals surface area contributed by atoms with Crippen LogP contribution in [0.2, 0.25) is 0 Å². The molecule has 0 spiro atoms. The van der Waals surface area contributed by atoms with E-state index in [1.807, 2.05) is 0 Å². The van der Waals surface area contributed by atoms with E-state index in [1.54, 1.807) is 0 Å². The third-order valence-electron chi connectivity index (χ3n) is 3.37. The lowest BCUT2D eigenvalue weighted by molar-refractivity contribution is 0.0908. The van der Waals surface area contributed by atoms with E-state index in [2.05, 4.69) is 0 Å². The second-order valence-electron chi connectivity index (χ2n) is 5.08. The van der Waals surface area contributed by atoms with Crippen molar-refractivity contribution in [2.24, 2.45) is 0 Å². The predicted octanol–water partition coefficient (Wildman–Crippen LogP) is 3.19. The molecule has 0 aliphatic rings. The van der Waals surface area contributed by atoms with Crippen molar-refractivity contribution in [3.8, 4) is 0 Å². The van der Waals surface area contributed by atoms with Crippen molar-refractivity contribution in [2.45, 2.75) is 0 Å². The van der Waals surface area contributed by atoms with Gasteiger partial charge in [0.05, 0.1) is 6.67 Å². The van der Waals surface area contributed by atoms with Crippen LogP contribution in [0, 0.1) is 58.2 Å². The van der Waals surface area contributed by atoms with Crippen LogP contribution in [0.1, 0.15) is 20.7 Å². The number of hydrogen-bond acceptors (Lipinski definition) is 2. The summed E-state index contributed by atoms with van der Waals surface area (Å²) in [5.74, 6) is -28.8. The number of rotatable bonds is 4. The fraction of sp³-hybridized carbons (Fsp3) is 0.0667. The molecule has 0 bridgehead atoms. The van der Waals surface area contributed by atoms with E-state index in [4.69, 9.17) is 0 Å². The third-order valence-corrected chi connectivity index (χ3v) is 3.37. The minimum Gasteiger partial charge on any atom is -0.334 e. The summed E-state index contributed by atoms with van der Waals surface area (Å²) in [6, 6.07) is 0. The molecule has 0 saturated heterocycles. The van der Waals surface area contributed by atoms with Crippen molar-refractivity contribution in [3.63, 3.8) is 0 Å². The van der Waals surface area contributed by atoms with Gasteiger partial charge in [-0.1, -0.05) is 0 Å². The molecule has 2 aromatic rings. The molecular formula is C15H4F10N2O2. The van der Waals surface area contributed by atoms with Gasteiger partial charge in [0.25, 0.3) is 11.8 Å². The molecule has 0 fully saturated rings. The summed E-state index contributed by atoms with van der Waals surface area (Å²) >= 11 is 0. The summed E-state index contributed by atoms with van der Waals surface area (Å²) in [6.07, 6.45) is 0. The summed E-state index contributed by atoms with van der Waals surface area (Å²) in [4.78, 5) is 23.2. The van der Waals surface area contributed by atoms with Gasteiger partial charge in [-0.3, -0.25) is 9.59 Å². The first-order valence-electron chi connectivity index (χ1n) is 7.01. The Labute approximate surface area is 153 Å². The van der Waals surface area contributed by atoms with E-state index in [-0.39, 0.29) is 0 Å². The number of nitrogens with one attached hydrogen (secondary N) is 2. The summed E-state index contributed by atoms with van der Waals surface area (Å²) in [5.41, 5.74) is -3.88. The minimum atomic E-state index is -2.55. The van der Waals surface area contributed by atoms with Gasteiger partial charge in [0, 0.05) is 0 Å². The van der Waals surface area contributed by atoms with Crippen LogP contribution in [0.3, 0.4) is 0 Å². The molecule has 14 heteroatoms. The molecule has 0 heterocycles. The number of benzene rings is 2. The second kappa shape index (κ2) is 7.97. The van der Waals surface area contributed by atoms with Crippen molar-refractivity contribution < 1.29 is 53.5 Å². The predicted molar refractivity (Wildman–Crippen MR) is 72.3 cm³/mol. The molecule has 0 aliphatic carbocycles. The van der Waals surface area contributed by atoms with Crippen molar-refractivity contribution in [1.29, 1.82) is 0 Å². The van der Waals surface area contributed by atoms with Gasteiger partial charge in [-0.15, -0.1) is 0 Å². The van der Waals surface area contributed by atoms with Gasteiger partial charge >= 0.3 is 0 Å². The summed E-state index contributed by atoms with van der Waals surface area (Å²) < 4.78 is 132. The molecule has 29 heavy (non-hydrogen) atoms. The van der Waals surface area contributed by atoms with Crippen molar-refractivity contribution in [2.75, 3.05) is 6.67 Å². The van der Waals surface area contributed by atoms with E-state index in [0.717, 1.165) is 0 Å². The van der Waals surface area contributed by atoms with Crippen LogP contribution in [0.15, 0.2) is 0 Å². The van der Waals surface area contributed by atoms with Gasteiger partial charge in [0.1, 0.15) is 11.1 Å². The molecule has 0 unspecified atom stereocenters.